The van der Waals surface area contributed by atoms with Crippen LogP contribution in [-0.2, 0) is 0 Å². The molecule has 3 heteroatoms. The molecule has 126 valence electrons. The lowest BCUT2D eigenvalue weighted by atomic mass is 9.71. The van der Waals surface area contributed by atoms with Crippen LogP contribution in [0.5, 0.6) is 0 Å². The number of hydrogen-bond acceptors (Lipinski definition) is 3. The second-order valence-electron chi connectivity index (χ2n) is 9.01. The SMILES string of the molecule is CN1CCC2(CC1)CN(CC1CCN(CC3CCC3)CC1)C2. The van der Waals surface area contributed by atoms with Gasteiger partial charge in [0.1, 0.15) is 0 Å². The molecule has 4 rings (SSSR count). The van der Waals surface area contributed by atoms with Crippen molar-refractivity contribution >= 4 is 0 Å². The predicted molar refractivity (Wildman–Crippen MR) is 92.1 cm³/mol. The summed E-state index contributed by atoms with van der Waals surface area (Å²) in [5, 5.41) is 0. The lowest BCUT2D eigenvalue weighted by molar-refractivity contribution is -0.0536. The molecule has 0 aromatic heterocycles. The Balaban J connectivity index is 1.14. The lowest BCUT2D eigenvalue weighted by Gasteiger charge is -2.55. The van der Waals surface area contributed by atoms with Crippen molar-refractivity contribution in [3.05, 3.63) is 0 Å². The van der Waals surface area contributed by atoms with E-state index in [1.165, 1.54) is 97.3 Å². The molecule has 4 aliphatic rings. The van der Waals surface area contributed by atoms with Gasteiger partial charge < -0.3 is 14.7 Å². The number of likely N-dealkylation sites (tertiary alicyclic amines) is 3. The maximum absolute atomic E-state index is 2.78. The number of nitrogens with zero attached hydrogens (tertiary/aromatic N) is 3. The fraction of sp³-hybridized carbons (Fsp3) is 1.00. The minimum atomic E-state index is 0.720. The highest BCUT2D eigenvalue weighted by atomic mass is 15.2. The van der Waals surface area contributed by atoms with Crippen LogP contribution >= 0.6 is 0 Å². The average molecular weight is 306 g/mol. The molecule has 0 bridgehead atoms. The van der Waals surface area contributed by atoms with Crippen molar-refractivity contribution in [2.75, 3.05) is 59.4 Å². The van der Waals surface area contributed by atoms with Gasteiger partial charge in [-0.15, -0.1) is 0 Å². The Bertz CT molecular complexity index is 355. The minimum absolute atomic E-state index is 0.720. The largest absolute Gasteiger partial charge is 0.306 e. The van der Waals surface area contributed by atoms with Crippen molar-refractivity contribution in [1.29, 1.82) is 0 Å². The third-order valence-corrected chi connectivity index (χ3v) is 7.13. The molecule has 1 saturated carbocycles. The Morgan fingerprint density at radius 1 is 0.773 bits per heavy atom. The Morgan fingerprint density at radius 3 is 1.95 bits per heavy atom. The van der Waals surface area contributed by atoms with Crippen LogP contribution in [0.1, 0.15) is 44.9 Å². The van der Waals surface area contributed by atoms with Gasteiger partial charge in [0.15, 0.2) is 0 Å². The monoisotopic (exact) mass is 305 g/mol. The van der Waals surface area contributed by atoms with E-state index in [9.17, 15) is 0 Å². The first kappa shape index (κ1) is 15.4. The van der Waals surface area contributed by atoms with Gasteiger partial charge in [-0.1, -0.05) is 6.42 Å². The molecule has 1 aliphatic carbocycles. The van der Waals surface area contributed by atoms with Crippen molar-refractivity contribution in [2.24, 2.45) is 17.3 Å². The molecular weight excluding hydrogens is 270 g/mol. The van der Waals surface area contributed by atoms with E-state index in [-0.39, 0.29) is 0 Å². The molecule has 22 heavy (non-hydrogen) atoms. The Hall–Kier alpha value is -0.120. The van der Waals surface area contributed by atoms with E-state index < -0.39 is 0 Å². The molecule has 3 saturated heterocycles. The Morgan fingerprint density at radius 2 is 1.36 bits per heavy atom. The predicted octanol–water partition coefficient (Wildman–Crippen LogP) is 2.53. The van der Waals surface area contributed by atoms with E-state index >= 15 is 0 Å². The standard InChI is InChI=1S/C19H35N3/c1-20-11-7-19(8-12-20)15-22(16-19)14-18-5-9-21(10-6-18)13-17-3-2-4-17/h17-18H,2-16H2,1H3. The third kappa shape index (κ3) is 3.37. The molecule has 1 spiro atoms. The lowest BCUT2D eigenvalue weighted by Crippen LogP contribution is -2.61. The van der Waals surface area contributed by atoms with E-state index in [2.05, 4.69) is 21.7 Å². The normalized spacial score (nSPS) is 32.0. The summed E-state index contributed by atoms with van der Waals surface area (Å²) in [6, 6.07) is 0. The van der Waals surface area contributed by atoms with Crippen LogP contribution in [0.2, 0.25) is 0 Å². The zero-order valence-corrected chi connectivity index (χ0v) is 14.6. The highest BCUT2D eigenvalue weighted by Gasteiger charge is 2.44. The molecule has 0 N–H and O–H groups in total. The summed E-state index contributed by atoms with van der Waals surface area (Å²) in [6.07, 6.45) is 10.3. The highest BCUT2D eigenvalue weighted by Crippen LogP contribution is 2.41. The zero-order valence-electron chi connectivity index (χ0n) is 14.6. The molecule has 3 heterocycles. The van der Waals surface area contributed by atoms with Gasteiger partial charge in [0, 0.05) is 26.2 Å². The van der Waals surface area contributed by atoms with Crippen molar-refractivity contribution < 1.29 is 0 Å². The van der Waals surface area contributed by atoms with Crippen LogP contribution < -0.4 is 0 Å². The summed E-state index contributed by atoms with van der Waals surface area (Å²) in [4.78, 5) is 8.04. The quantitative estimate of drug-likeness (QED) is 0.790. The number of rotatable bonds is 4. The van der Waals surface area contributed by atoms with Crippen molar-refractivity contribution in [1.82, 2.24) is 14.7 Å². The van der Waals surface area contributed by atoms with Gasteiger partial charge in [0.2, 0.25) is 0 Å². The minimum Gasteiger partial charge on any atom is -0.306 e. The average Bonchev–Trinajstić information content (AvgIpc) is 2.45. The van der Waals surface area contributed by atoms with E-state index in [1.54, 1.807) is 0 Å². The summed E-state index contributed by atoms with van der Waals surface area (Å²) in [6.45, 7) is 11.0. The zero-order chi connectivity index (χ0) is 15.0. The molecular formula is C19H35N3. The van der Waals surface area contributed by atoms with Crippen LogP contribution in [0.3, 0.4) is 0 Å². The number of piperidine rings is 2. The molecule has 0 aromatic rings. The Kier molecular flexibility index (Phi) is 4.49. The molecule has 3 nitrogen and oxygen atoms in total. The summed E-state index contributed by atoms with van der Waals surface area (Å²) in [5.74, 6) is 2.04. The summed E-state index contributed by atoms with van der Waals surface area (Å²) in [7, 11) is 2.28. The van der Waals surface area contributed by atoms with Gasteiger partial charge in [-0.3, -0.25) is 0 Å². The van der Waals surface area contributed by atoms with Crippen LogP contribution in [0.15, 0.2) is 0 Å². The highest BCUT2D eigenvalue weighted by molar-refractivity contribution is 4.98. The first-order chi connectivity index (χ1) is 10.7. The maximum Gasteiger partial charge on any atom is 0.00516 e. The molecule has 0 atom stereocenters. The summed E-state index contributed by atoms with van der Waals surface area (Å²) < 4.78 is 0. The van der Waals surface area contributed by atoms with Crippen LogP contribution in [-0.4, -0.2) is 74.1 Å². The smallest absolute Gasteiger partial charge is 0.00516 e. The first-order valence-corrected chi connectivity index (χ1v) is 9.84. The fourth-order valence-corrected chi connectivity index (χ4v) is 5.20. The number of hydrogen-bond donors (Lipinski definition) is 0. The second kappa shape index (κ2) is 6.41. The molecule has 4 fully saturated rings. The van der Waals surface area contributed by atoms with Gasteiger partial charge >= 0.3 is 0 Å². The van der Waals surface area contributed by atoms with Crippen LogP contribution in [0, 0.1) is 17.3 Å². The van der Waals surface area contributed by atoms with E-state index in [1.807, 2.05) is 0 Å². The van der Waals surface area contributed by atoms with Crippen molar-refractivity contribution in [3.63, 3.8) is 0 Å². The third-order valence-electron chi connectivity index (χ3n) is 7.13. The molecule has 0 aromatic carbocycles. The molecule has 0 amide bonds. The topological polar surface area (TPSA) is 9.72 Å². The summed E-state index contributed by atoms with van der Waals surface area (Å²) >= 11 is 0. The van der Waals surface area contributed by atoms with E-state index in [4.69, 9.17) is 0 Å². The van der Waals surface area contributed by atoms with Gasteiger partial charge in [-0.25, -0.2) is 0 Å². The van der Waals surface area contributed by atoms with Gasteiger partial charge in [-0.05, 0) is 89.0 Å². The van der Waals surface area contributed by atoms with E-state index in [0.717, 1.165) is 17.3 Å². The van der Waals surface area contributed by atoms with Crippen LogP contribution in [0.25, 0.3) is 0 Å². The molecule has 0 radical (unpaired) electrons. The first-order valence-electron chi connectivity index (χ1n) is 9.84. The van der Waals surface area contributed by atoms with Crippen molar-refractivity contribution in [2.45, 2.75) is 44.9 Å². The van der Waals surface area contributed by atoms with Crippen LogP contribution in [0.4, 0.5) is 0 Å². The summed E-state index contributed by atoms with van der Waals surface area (Å²) in [5.41, 5.74) is 0.720. The Labute approximate surface area is 137 Å². The van der Waals surface area contributed by atoms with Gasteiger partial charge in [-0.2, -0.15) is 0 Å². The maximum atomic E-state index is 2.78. The van der Waals surface area contributed by atoms with Gasteiger partial charge in [0.25, 0.3) is 0 Å². The van der Waals surface area contributed by atoms with E-state index in [0.29, 0.717) is 0 Å². The van der Waals surface area contributed by atoms with Crippen molar-refractivity contribution in [3.8, 4) is 0 Å². The molecule has 0 unspecified atom stereocenters. The second-order valence-corrected chi connectivity index (χ2v) is 9.01. The van der Waals surface area contributed by atoms with Gasteiger partial charge in [0.05, 0.1) is 0 Å². The fourth-order valence-electron chi connectivity index (χ4n) is 5.20. The molecule has 3 aliphatic heterocycles.